The van der Waals surface area contributed by atoms with Crippen LogP contribution < -0.4 is 15.4 Å². The summed E-state index contributed by atoms with van der Waals surface area (Å²) in [4.78, 5) is 33.7. The Bertz CT molecular complexity index is 2180. The number of carbonyl (C=O) groups is 1. The van der Waals surface area contributed by atoms with Gasteiger partial charge in [-0.1, -0.05) is 30.8 Å². The van der Waals surface area contributed by atoms with E-state index in [0.717, 1.165) is 24.8 Å². The van der Waals surface area contributed by atoms with Crippen LogP contribution in [-0.4, -0.2) is 56.7 Å². The summed E-state index contributed by atoms with van der Waals surface area (Å²) in [6, 6.07) is 15.8. The Balaban J connectivity index is 1.59. The molecule has 5 rings (SSSR count). The SMILES string of the molecule is C=C(/C=C(\C)OC)c1cc(N/C(C)=C(\C)CC(C)=NCC(=O)O)nc(-c2cc(OC(F)(F)F)cc(-c3cc(NC4CCCc5ccccc54)nc(C)n3)c2)n1. The number of anilines is 2. The predicted octanol–water partition coefficient (Wildman–Crippen LogP) is 9.50. The van der Waals surface area contributed by atoms with Gasteiger partial charge in [-0.15, -0.1) is 13.2 Å². The Kier molecular flexibility index (Phi) is 12.7. The summed E-state index contributed by atoms with van der Waals surface area (Å²) in [7, 11) is 1.52. The number of aliphatic carboxylic acids is 1. The molecule has 0 aliphatic heterocycles. The number of aryl methyl sites for hydroxylation is 2. The van der Waals surface area contributed by atoms with Crippen LogP contribution in [-0.2, 0) is 16.0 Å². The van der Waals surface area contributed by atoms with Gasteiger partial charge in [0.25, 0.3) is 0 Å². The number of fused-ring (bicyclic) bond motifs is 1. The molecule has 1 aliphatic rings. The second kappa shape index (κ2) is 17.4. The Morgan fingerprint density at radius 3 is 2.49 bits per heavy atom. The van der Waals surface area contributed by atoms with Gasteiger partial charge in [0.1, 0.15) is 29.8 Å². The first kappa shape index (κ1) is 40.1. The fraction of sp³-hybridized carbons (Fsp3) is 0.317. The minimum atomic E-state index is -4.98. The van der Waals surface area contributed by atoms with Gasteiger partial charge in [-0.05, 0) is 100 Å². The van der Waals surface area contributed by atoms with Gasteiger partial charge in [-0.2, -0.15) is 0 Å². The average molecular weight is 756 g/mol. The quantitative estimate of drug-likeness (QED) is 0.0647. The zero-order valence-electron chi connectivity index (χ0n) is 31.6. The lowest BCUT2D eigenvalue weighted by Crippen LogP contribution is -2.18. The van der Waals surface area contributed by atoms with Crippen LogP contribution in [0.1, 0.15) is 75.6 Å². The van der Waals surface area contributed by atoms with Gasteiger partial charge in [-0.25, -0.2) is 19.9 Å². The Hall–Kier alpha value is -6.05. The van der Waals surface area contributed by atoms with E-state index in [0.29, 0.717) is 63.6 Å². The summed E-state index contributed by atoms with van der Waals surface area (Å²) in [5.74, 6) is 0.442. The van der Waals surface area contributed by atoms with Crippen LogP contribution in [0.15, 0.2) is 89.3 Å². The summed E-state index contributed by atoms with van der Waals surface area (Å²) in [5.41, 5.74) is 6.45. The minimum Gasteiger partial charge on any atom is -0.501 e. The molecule has 4 aromatic rings. The molecule has 0 amide bonds. The van der Waals surface area contributed by atoms with Crippen molar-refractivity contribution in [3.63, 3.8) is 0 Å². The molecule has 1 atom stereocenters. The molecule has 0 radical (unpaired) electrons. The average Bonchev–Trinajstić information content (AvgIpc) is 3.12. The number of carboxylic acids is 1. The third kappa shape index (κ3) is 11.2. The number of benzene rings is 2. The number of nitrogens with zero attached hydrogens (tertiary/aromatic N) is 5. The molecule has 1 unspecified atom stereocenters. The summed E-state index contributed by atoms with van der Waals surface area (Å²) >= 11 is 0. The molecule has 0 saturated heterocycles. The standard InChI is InChI=1S/C41H44F3N7O4/c1-23(15-25(3)45-22-39(52)53)27(5)46-37-20-35(24(2)16-26(4)54-7)50-40(51-37)31-17-30(18-32(19-31)55-41(42,43)44)36-21-38(48-28(6)47-36)49-34-14-10-12-29-11-8-9-13-33(29)34/h8-9,11,13,16-21,34H,2,10,12,14-15,22H2,1,3-7H3,(H,52,53)(H,46,50,51)(H,47,48,49)/b26-16+,27-23+,45-25?. The van der Waals surface area contributed by atoms with Crippen molar-refractivity contribution >= 4 is 28.9 Å². The first-order valence-corrected chi connectivity index (χ1v) is 17.6. The molecule has 288 valence electrons. The molecule has 14 heteroatoms. The van der Waals surface area contributed by atoms with Crippen molar-refractivity contribution in [1.29, 1.82) is 0 Å². The molecule has 55 heavy (non-hydrogen) atoms. The third-order valence-electron chi connectivity index (χ3n) is 8.94. The number of carboxylic acid groups (broad SMARTS) is 1. The molecular weight excluding hydrogens is 711 g/mol. The van der Waals surface area contributed by atoms with Crippen LogP contribution in [0.25, 0.3) is 28.2 Å². The Labute approximate surface area is 318 Å². The number of methoxy groups -OCH3 is 1. The number of ether oxygens (including phenoxy) is 2. The van der Waals surface area contributed by atoms with Gasteiger partial charge < -0.3 is 25.2 Å². The Morgan fingerprint density at radius 2 is 1.76 bits per heavy atom. The first-order valence-electron chi connectivity index (χ1n) is 17.6. The number of alkyl halides is 3. The number of hydrogen-bond acceptors (Lipinski definition) is 10. The van der Waals surface area contributed by atoms with Crippen molar-refractivity contribution in [2.75, 3.05) is 24.3 Å². The normalized spacial score (nSPS) is 15.1. The molecule has 3 N–H and O–H groups in total. The van der Waals surface area contributed by atoms with E-state index in [1.807, 2.05) is 26.0 Å². The maximum absolute atomic E-state index is 13.7. The third-order valence-corrected chi connectivity index (χ3v) is 8.94. The lowest BCUT2D eigenvalue weighted by molar-refractivity contribution is -0.274. The van der Waals surface area contributed by atoms with E-state index in [9.17, 15) is 18.0 Å². The van der Waals surface area contributed by atoms with Crippen LogP contribution in [0.4, 0.5) is 24.8 Å². The van der Waals surface area contributed by atoms with Gasteiger partial charge in [0.15, 0.2) is 5.82 Å². The molecule has 0 bridgehead atoms. The van der Waals surface area contributed by atoms with Crippen LogP contribution >= 0.6 is 0 Å². The number of nitrogens with one attached hydrogen (secondary N) is 2. The van der Waals surface area contributed by atoms with Crippen molar-refractivity contribution in [3.8, 4) is 28.4 Å². The number of aliphatic imine (C=N–C) groups is 1. The van der Waals surface area contributed by atoms with Crippen LogP contribution in [0.5, 0.6) is 5.75 Å². The lowest BCUT2D eigenvalue weighted by atomic mass is 9.88. The highest BCUT2D eigenvalue weighted by molar-refractivity contribution is 5.86. The smallest absolute Gasteiger partial charge is 0.501 e. The van der Waals surface area contributed by atoms with Gasteiger partial charge in [0.2, 0.25) is 0 Å². The molecule has 0 fully saturated rings. The first-order chi connectivity index (χ1) is 26.1. The van der Waals surface area contributed by atoms with Crippen LogP contribution in [0.3, 0.4) is 0 Å². The fourth-order valence-corrected chi connectivity index (χ4v) is 6.20. The van der Waals surface area contributed by atoms with Crippen molar-refractivity contribution < 1.29 is 32.5 Å². The zero-order chi connectivity index (χ0) is 39.9. The van der Waals surface area contributed by atoms with Gasteiger partial charge in [-0.3, -0.25) is 9.79 Å². The second-order valence-corrected chi connectivity index (χ2v) is 13.4. The largest absolute Gasteiger partial charge is 0.573 e. The Morgan fingerprint density at radius 1 is 1.02 bits per heavy atom. The molecule has 1 aliphatic carbocycles. The van der Waals surface area contributed by atoms with Crippen molar-refractivity contribution in [1.82, 2.24) is 19.9 Å². The molecule has 2 aromatic carbocycles. The highest BCUT2D eigenvalue weighted by atomic mass is 19.4. The number of rotatable bonds is 14. The topological polar surface area (TPSA) is 144 Å². The maximum atomic E-state index is 13.7. The van der Waals surface area contributed by atoms with Crippen molar-refractivity contribution in [2.24, 2.45) is 4.99 Å². The van der Waals surface area contributed by atoms with Gasteiger partial charge in [0, 0.05) is 41.1 Å². The number of allylic oxidation sites excluding steroid dienone is 5. The van der Waals surface area contributed by atoms with Crippen LogP contribution in [0, 0.1) is 6.92 Å². The summed E-state index contributed by atoms with van der Waals surface area (Å²) in [5, 5.41) is 15.8. The van der Waals surface area contributed by atoms with E-state index in [-0.39, 0.29) is 24.0 Å². The molecule has 0 spiro atoms. The van der Waals surface area contributed by atoms with E-state index >= 15 is 0 Å². The van der Waals surface area contributed by atoms with E-state index < -0.39 is 18.1 Å². The molecule has 0 saturated carbocycles. The molecule has 2 heterocycles. The van der Waals surface area contributed by atoms with Crippen molar-refractivity contribution in [2.45, 2.75) is 72.7 Å². The molecular formula is C41H44F3N7O4. The molecule has 2 aromatic heterocycles. The highest BCUT2D eigenvalue weighted by Crippen LogP contribution is 2.36. The van der Waals surface area contributed by atoms with Crippen LogP contribution in [0.2, 0.25) is 0 Å². The number of hydrogen-bond donors (Lipinski definition) is 3. The van der Waals surface area contributed by atoms with Gasteiger partial charge in [0.05, 0.1) is 30.3 Å². The van der Waals surface area contributed by atoms with E-state index in [2.05, 4.69) is 49.0 Å². The lowest BCUT2D eigenvalue weighted by Gasteiger charge is -2.27. The summed E-state index contributed by atoms with van der Waals surface area (Å²) in [6.45, 7) is 12.7. The highest BCUT2D eigenvalue weighted by Gasteiger charge is 2.32. The van der Waals surface area contributed by atoms with E-state index in [4.69, 9.17) is 19.8 Å². The molecule has 11 nitrogen and oxygen atoms in total. The monoisotopic (exact) mass is 755 g/mol. The maximum Gasteiger partial charge on any atom is 0.573 e. The predicted molar refractivity (Wildman–Crippen MR) is 208 cm³/mol. The minimum absolute atomic E-state index is 0.00981. The van der Waals surface area contributed by atoms with Crippen molar-refractivity contribution in [3.05, 3.63) is 107 Å². The fourth-order valence-electron chi connectivity index (χ4n) is 6.20. The number of aromatic nitrogens is 4. The summed E-state index contributed by atoms with van der Waals surface area (Å²) in [6.07, 6.45) is 0.00708. The second-order valence-electron chi connectivity index (χ2n) is 13.4. The number of halogens is 3. The van der Waals surface area contributed by atoms with E-state index in [1.54, 1.807) is 45.0 Å². The zero-order valence-corrected chi connectivity index (χ0v) is 31.6. The van der Waals surface area contributed by atoms with E-state index in [1.165, 1.54) is 30.4 Å². The summed E-state index contributed by atoms with van der Waals surface area (Å²) < 4.78 is 51.0. The van der Waals surface area contributed by atoms with Gasteiger partial charge >= 0.3 is 12.3 Å².